The van der Waals surface area contributed by atoms with E-state index in [1.54, 1.807) is 6.21 Å². The minimum atomic E-state index is 0.530. The molecule has 0 unspecified atom stereocenters. The van der Waals surface area contributed by atoms with Gasteiger partial charge in [0.15, 0.2) is 0 Å². The number of nitrogens with zero attached hydrogens (tertiary/aromatic N) is 4. The van der Waals surface area contributed by atoms with Crippen LogP contribution in [0.1, 0.15) is 71.1 Å². The van der Waals surface area contributed by atoms with Gasteiger partial charge in [-0.05, 0) is 56.4 Å². The number of allylic oxidation sites excluding steroid dienone is 2. The molecule has 1 N–H and O–H groups in total. The van der Waals surface area contributed by atoms with Gasteiger partial charge in [-0.25, -0.2) is 4.99 Å². The first kappa shape index (κ1) is 34.1. The van der Waals surface area contributed by atoms with Crippen molar-refractivity contribution in [1.82, 2.24) is 15.2 Å². The Morgan fingerprint density at radius 2 is 1.62 bits per heavy atom. The van der Waals surface area contributed by atoms with Crippen LogP contribution in [0.25, 0.3) is 5.70 Å². The van der Waals surface area contributed by atoms with Crippen molar-refractivity contribution in [2.24, 2.45) is 10.1 Å². The molecule has 0 aromatic heterocycles. The standard InChI is InChI=1S/C32H43N5O.C2H6/c1-7-13-29-16-18-30(19-17-29)27(5)35-37(28(6)31-14-10-9-11-15-31)22-12-21-36(23-20-33-25-38)32(34-8-2)24-26(3)4;1-2/h8-11,14-19,24-25H,3,6-7,12-13,20-23H2,1-2,4-5H3,(H,33,38);1-2H3/b32-24+,34-8-,35-27+;. The molecule has 0 aliphatic carbocycles. The lowest BCUT2D eigenvalue weighted by Gasteiger charge is -2.27. The molecule has 0 spiro atoms. The van der Waals surface area contributed by atoms with Crippen molar-refractivity contribution in [3.05, 3.63) is 102 Å². The summed E-state index contributed by atoms with van der Waals surface area (Å²) in [7, 11) is 0. The van der Waals surface area contributed by atoms with Gasteiger partial charge in [0.05, 0.1) is 11.4 Å². The molecule has 0 fully saturated rings. The minimum absolute atomic E-state index is 0.530. The lowest BCUT2D eigenvalue weighted by atomic mass is 10.1. The molecular formula is C34H49N5O. The van der Waals surface area contributed by atoms with Gasteiger partial charge >= 0.3 is 0 Å². The maximum absolute atomic E-state index is 10.8. The van der Waals surface area contributed by atoms with Gasteiger partial charge in [0.25, 0.3) is 0 Å². The molecule has 0 aliphatic heterocycles. The van der Waals surface area contributed by atoms with Crippen LogP contribution in [-0.4, -0.2) is 54.4 Å². The van der Waals surface area contributed by atoms with E-state index in [-0.39, 0.29) is 0 Å². The van der Waals surface area contributed by atoms with Crippen LogP contribution < -0.4 is 5.32 Å². The Morgan fingerprint density at radius 1 is 0.950 bits per heavy atom. The van der Waals surface area contributed by atoms with Crippen molar-refractivity contribution >= 4 is 24.0 Å². The van der Waals surface area contributed by atoms with Crippen LogP contribution in [0, 0.1) is 0 Å². The van der Waals surface area contributed by atoms with E-state index in [9.17, 15) is 4.79 Å². The first-order valence-electron chi connectivity index (χ1n) is 14.3. The molecule has 216 valence electrons. The van der Waals surface area contributed by atoms with Gasteiger partial charge in [0.1, 0.15) is 5.82 Å². The normalized spacial score (nSPS) is 11.4. The molecule has 40 heavy (non-hydrogen) atoms. The zero-order chi connectivity index (χ0) is 29.8. The Bertz CT molecular complexity index is 1120. The Morgan fingerprint density at radius 3 is 2.20 bits per heavy atom. The quantitative estimate of drug-likeness (QED) is 0.0748. The summed E-state index contributed by atoms with van der Waals surface area (Å²) in [6.07, 6.45) is 7.49. The molecule has 0 aliphatic rings. The maximum Gasteiger partial charge on any atom is 0.207 e. The molecule has 2 rings (SSSR count). The number of carbonyl (C=O) groups is 1. The van der Waals surface area contributed by atoms with Crippen LogP contribution >= 0.6 is 0 Å². The predicted octanol–water partition coefficient (Wildman–Crippen LogP) is 7.31. The molecule has 0 heterocycles. The van der Waals surface area contributed by atoms with Gasteiger partial charge in [0.2, 0.25) is 6.41 Å². The fourth-order valence-corrected chi connectivity index (χ4v) is 4.04. The summed E-state index contributed by atoms with van der Waals surface area (Å²) in [5.74, 6) is 0.827. The van der Waals surface area contributed by atoms with Crippen LogP contribution in [0.2, 0.25) is 0 Å². The van der Waals surface area contributed by atoms with E-state index in [4.69, 9.17) is 5.10 Å². The number of hydrogen-bond acceptors (Lipinski definition) is 5. The van der Waals surface area contributed by atoms with Crippen LogP contribution in [0.3, 0.4) is 0 Å². The number of hydrazone groups is 1. The summed E-state index contributed by atoms with van der Waals surface area (Å²) in [6, 6.07) is 18.8. The number of benzene rings is 2. The van der Waals surface area contributed by atoms with E-state index in [2.05, 4.69) is 71.7 Å². The second kappa shape index (κ2) is 20.0. The van der Waals surface area contributed by atoms with Crippen LogP contribution in [-0.2, 0) is 11.2 Å². The zero-order valence-electron chi connectivity index (χ0n) is 25.5. The third-order valence-corrected chi connectivity index (χ3v) is 5.97. The highest BCUT2D eigenvalue weighted by atomic mass is 16.1. The SMILES string of the molecule is C=C(C)/C=C(\N=C/C)N(CCCN(/N=C(\C)c1ccc(CCC)cc1)C(=C)c1ccccc1)CCNC=O.CC. The van der Waals surface area contributed by atoms with Crippen molar-refractivity contribution in [3.63, 3.8) is 0 Å². The number of nitrogens with one attached hydrogen (secondary N) is 1. The summed E-state index contributed by atoms with van der Waals surface area (Å²) in [5.41, 5.74) is 6.19. The lowest BCUT2D eigenvalue weighted by molar-refractivity contribution is -0.109. The Labute approximate surface area is 242 Å². The molecule has 6 heteroatoms. The minimum Gasteiger partial charge on any atom is -0.357 e. The second-order valence-electron chi connectivity index (χ2n) is 9.22. The molecule has 0 atom stereocenters. The largest absolute Gasteiger partial charge is 0.357 e. The molecular weight excluding hydrogens is 494 g/mol. The molecule has 0 saturated carbocycles. The molecule has 6 nitrogen and oxygen atoms in total. The van der Waals surface area contributed by atoms with E-state index in [1.165, 1.54) is 5.56 Å². The van der Waals surface area contributed by atoms with Crippen LogP contribution in [0.5, 0.6) is 0 Å². The lowest BCUT2D eigenvalue weighted by Crippen LogP contribution is -2.33. The Hall–Kier alpha value is -3.93. The summed E-state index contributed by atoms with van der Waals surface area (Å²) in [5, 5.41) is 9.77. The first-order chi connectivity index (χ1) is 19.4. The smallest absolute Gasteiger partial charge is 0.207 e. The predicted molar refractivity (Wildman–Crippen MR) is 173 cm³/mol. The van der Waals surface area contributed by atoms with Crippen molar-refractivity contribution < 1.29 is 4.79 Å². The van der Waals surface area contributed by atoms with Gasteiger partial charge in [-0.15, -0.1) is 0 Å². The summed E-state index contributed by atoms with van der Waals surface area (Å²) in [4.78, 5) is 17.5. The summed E-state index contributed by atoms with van der Waals surface area (Å²) >= 11 is 0. The van der Waals surface area contributed by atoms with Crippen molar-refractivity contribution in [2.45, 2.75) is 60.8 Å². The monoisotopic (exact) mass is 543 g/mol. The highest BCUT2D eigenvalue weighted by Crippen LogP contribution is 2.20. The Kier molecular flexibility index (Phi) is 17.1. The van der Waals surface area contributed by atoms with Crippen molar-refractivity contribution in [1.29, 1.82) is 0 Å². The maximum atomic E-state index is 10.8. The first-order valence-corrected chi connectivity index (χ1v) is 14.3. The van der Waals surface area contributed by atoms with E-state index < -0.39 is 0 Å². The van der Waals surface area contributed by atoms with E-state index in [0.717, 1.165) is 66.1 Å². The molecule has 1 amide bonds. The topological polar surface area (TPSA) is 60.3 Å². The second-order valence-corrected chi connectivity index (χ2v) is 9.22. The van der Waals surface area contributed by atoms with E-state index >= 15 is 0 Å². The average Bonchev–Trinajstić information content (AvgIpc) is 2.97. The highest BCUT2D eigenvalue weighted by molar-refractivity contribution is 5.98. The van der Waals surface area contributed by atoms with Gasteiger partial charge in [0, 0.05) is 32.4 Å². The highest BCUT2D eigenvalue weighted by Gasteiger charge is 2.13. The third kappa shape index (κ3) is 12.3. The Balaban J connectivity index is 0.00000391. The van der Waals surface area contributed by atoms with Crippen LogP contribution in [0.15, 0.2) is 95.3 Å². The molecule has 2 aromatic carbocycles. The fraction of sp³-hybridized carbons (Fsp3) is 0.382. The van der Waals surface area contributed by atoms with Gasteiger partial charge in [-0.3, -0.25) is 9.80 Å². The van der Waals surface area contributed by atoms with Crippen molar-refractivity contribution in [2.75, 3.05) is 26.2 Å². The third-order valence-electron chi connectivity index (χ3n) is 5.97. The fourth-order valence-electron chi connectivity index (χ4n) is 4.04. The van der Waals surface area contributed by atoms with Crippen LogP contribution in [0.4, 0.5) is 0 Å². The van der Waals surface area contributed by atoms with Gasteiger partial charge in [-0.1, -0.05) is 101 Å². The van der Waals surface area contributed by atoms with Gasteiger partial charge in [-0.2, -0.15) is 5.10 Å². The molecule has 0 saturated heterocycles. The number of hydrogen-bond donors (Lipinski definition) is 1. The number of carbonyl (C=O) groups excluding carboxylic acids is 1. The molecule has 0 bridgehead atoms. The van der Waals surface area contributed by atoms with E-state index in [1.807, 2.05) is 63.9 Å². The number of amides is 1. The van der Waals surface area contributed by atoms with Crippen molar-refractivity contribution in [3.8, 4) is 0 Å². The number of rotatable bonds is 17. The van der Waals surface area contributed by atoms with Gasteiger partial charge < -0.3 is 10.2 Å². The summed E-state index contributed by atoms with van der Waals surface area (Å²) < 4.78 is 0. The number of aryl methyl sites for hydroxylation is 1. The average molecular weight is 544 g/mol. The van der Waals surface area contributed by atoms with E-state index in [0.29, 0.717) is 19.6 Å². The zero-order valence-corrected chi connectivity index (χ0v) is 25.5. The number of aliphatic imine (C=N–C) groups is 1. The molecule has 2 aromatic rings. The summed E-state index contributed by atoms with van der Waals surface area (Å²) in [6.45, 7) is 23.1. The molecule has 0 radical (unpaired) electrons.